The minimum Gasteiger partial charge on any atom is -0.432 e. The Morgan fingerprint density at radius 3 is 2.78 bits per heavy atom. The number of oxazole rings is 1. The molecule has 0 aliphatic heterocycles. The molecule has 2 heterocycles. The Balaban J connectivity index is 2.23. The van der Waals surface area contributed by atoms with Crippen LogP contribution in [0.25, 0.3) is 0 Å². The SMILES string of the molecule is CNc1ccc(Cl)c(C(=O)Nc2nc(C)co2)n1. The number of hydrogen-bond donors (Lipinski definition) is 2. The largest absolute Gasteiger partial charge is 0.432 e. The molecular formula is C11H11ClN4O2. The summed E-state index contributed by atoms with van der Waals surface area (Å²) >= 11 is 5.92. The first-order chi connectivity index (χ1) is 8.60. The molecule has 2 aromatic rings. The van der Waals surface area contributed by atoms with Crippen LogP contribution in [0.5, 0.6) is 0 Å². The van der Waals surface area contributed by atoms with Crippen LogP contribution in [0.15, 0.2) is 22.8 Å². The van der Waals surface area contributed by atoms with Crippen LogP contribution in [-0.4, -0.2) is 22.9 Å². The van der Waals surface area contributed by atoms with Crippen LogP contribution in [-0.2, 0) is 0 Å². The van der Waals surface area contributed by atoms with Crippen LogP contribution >= 0.6 is 11.6 Å². The second-order valence-corrected chi connectivity index (χ2v) is 3.93. The van der Waals surface area contributed by atoms with Crippen molar-refractivity contribution in [2.24, 2.45) is 0 Å². The summed E-state index contributed by atoms with van der Waals surface area (Å²) < 4.78 is 5.02. The zero-order valence-electron chi connectivity index (χ0n) is 9.82. The van der Waals surface area contributed by atoms with E-state index >= 15 is 0 Å². The molecule has 7 heteroatoms. The van der Waals surface area contributed by atoms with Crippen molar-refractivity contribution in [3.05, 3.63) is 34.8 Å². The van der Waals surface area contributed by atoms with E-state index in [9.17, 15) is 4.79 Å². The van der Waals surface area contributed by atoms with Crippen LogP contribution in [0, 0.1) is 6.92 Å². The summed E-state index contributed by atoms with van der Waals surface area (Å²) in [6, 6.07) is 3.38. The highest BCUT2D eigenvalue weighted by molar-refractivity contribution is 6.34. The highest BCUT2D eigenvalue weighted by Crippen LogP contribution is 2.18. The van der Waals surface area contributed by atoms with Gasteiger partial charge in [0.1, 0.15) is 17.8 Å². The minimum absolute atomic E-state index is 0.111. The number of hydrogen-bond acceptors (Lipinski definition) is 5. The summed E-state index contributed by atoms with van der Waals surface area (Å²) in [5, 5.41) is 5.57. The molecule has 0 atom stereocenters. The first kappa shape index (κ1) is 12.4. The molecule has 0 bridgehead atoms. The van der Waals surface area contributed by atoms with Crippen LogP contribution in [0.1, 0.15) is 16.2 Å². The molecule has 94 valence electrons. The highest BCUT2D eigenvalue weighted by atomic mass is 35.5. The second kappa shape index (κ2) is 5.05. The van der Waals surface area contributed by atoms with Gasteiger partial charge >= 0.3 is 6.01 Å². The van der Waals surface area contributed by atoms with Crippen LogP contribution < -0.4 is 10.6 Å². The molecule has 0 saturated heterocycles. The standard InChI is InChI=1S/C11H11ClN4O2/c1-6-5-18-11(14-6)16-10(17)9-7(12)3-4-8(13-2)15-9/h3-5H,1-2H3,(H,13,15)(H,14,16,17). The first-order valence-corrected chi connectivity index (χ1v) is 5.55. The van der Waals surface area contributed by atoms with E-state index in [0.717, 1.165) is 0 Å². The Kier molecular flexibility index (Phi) is 3.47. The zero-order valence-corrected chi connectivity index (χ0v) is 10.6. The van der Waals surface area contributed by atoms with Crippen molar-refractivity contribution >= 4 is 29.3 Å². The molecule has 0 aliphatic rings. The Bertz CT molecular complexity index is 582. The fourth-order valence-electron chi connectivity index (χ4n) is 1.31. The van der Waals surface area contributed by atoms with Crippen molar-refractivity contribution in [2.45, 2.75) is 6.92 Å². The highest BCUT2D eigenvalue weighted by Gasteiger charge is 2.15. The van der Waals surface area contributed by atoms with Gasteiger partial charge in [-0.05, 0) is 19.1 Å². The lowest BCUT2D eigenvalue weighted by molar-refractivity contribution is 0.101. The molecule has 1 amide bonds. The first-order valence-electron chi connectivity index (χ1n) is 5.18. The van der Waals surface area contributed by atoms with Gasteiger partial charge in [-0.15, -0.1) is 0 Å². The fourth-order valence-corrected chi connectivity index (χ4v) is 1.50. The topological polar surface area (TPSA) is 80.0 Å². The predicted octanol–water partition coefficient (Wildman–Crippen LogP) is 2.33. The van der Waals surface area contributed by atoms with Gasteiger partial charge in [-0.3, -0.25) is 10.1 Å². The number of carbonyl (C=O) groups excluding carboxylic acids is 1. The van der Waals surface area contributed by atoms with E-state index < -0.39 is 5.91 Å². The Hall–Kier alpha value is -2.08. The van der Waals surface area contributed by atoms with Crippen molar-refractivity contribution in [1.29, 1.82) is 0 Å². The smallest absolute Gasteiger partial charge is 0.301 e. The predicted molar refractivity (Wildman–Crippen MR) is 68.0 cm³/mol. The van der Waals surface area contributed by atoms with E-state index in [0.29, 0.717) is 11.5 Å². The van der Waals surface area contributed by atoms with Gasteiger partial charge in [-0.1, -0.05) is 11.6 Å². The lowest BCUT2D eigenvalue weighted by atomic mass is 10.3. The maximum absolute atomic E-state index is 11.9. The number of nitrogens with one attached hydrogen (secondary N) is 2. The van der Waals surface area contributed by atoms with E-state index in [-0.39, 0.29) is 16.7 Å². The van der Waals surface area contributed by atoms with Gasteiger partial charge < -0.3 is 9.73 Å². The molecule has 0 radical (unpaired) electrons. The third-order valence-corrected chi connectivity index (χ3v) is 2.46. The fraction of sp³-hybridized carbons (Fsp3) is 0.182. The van der Waals surface area contributed by atoms with Gasteiger partial charge in [0, 0.05) is 7.05 Å². The number of amides is 1. The van der Waals surface area contributed by atoms with Gasteiger partial charge in [-0.2, -0.15) is 4.98 Å². The second-order valence-electron chi connectivity index (χ2n) is 3.53. The maximum atomic E-state index is 11.9. The summed E-state index contributed by atoms with van der Waals surface area (Å²) in [5.41, 5.74) is 0.785. The number of halogens is 1. The van der Waals surface area contributed by atoms with Crippen molar-refractivity contribution in [2.75, 3.05) is 17.7 Å². The lowest BCUT2D eigenvalue weighted by Crippen LogP contribution is -2.15. The average Bonchev–Trinajstić information content (AvgIpc) is 2.75. The van der Waals surface area contributed by atoms with Crippen molar-refractivity contribution < 1.29 is 9.21 Å². The molecule has 2 rings (SSSR count). The van der Waals surface area contributed by atoms with Gasteiger partial charge in [0.25, 0.3) is 5.91 Å². The monoisotopic (exact) mass is 266 g/mol. The van der Waals surface area contributed by atoms with Crippen LogP contribution in [0.4, 0.5) is 11.8 Å². The quantitative estimate of drug-likeness (QED) is 0.891. The third-order valence-electron chi connectivity index (χ3n) is 2.16. The number of carbonyl (C=O) groups is 1. The van der Waals surface area contributed by atoms with Gasteiger partial charge in [-0.25, -0.2) is 4.98 Å². The number of rotatable bonds is 3. The van der Waals surface area contributed by atoms with E-state index in [2.05, 4.69) is 20.6 Å². The molecule has 0 fully saturated rings. The third kappa shape index (κ3) is 2.60. The summed E-state index contributed by atoms with van der Waals surface area (Å²) in [7, 11) is 1.70. The molecule has 0 unspecified atom stereocenters. The molecule has 6 nitrogen and oxygen atoms in total. The molecule has 18 heavy (non-hydrogen) atoms. The number of aryl methyl sites for hydroxylation is 1. The lowest BCUT2D eigenvalue weighted by Gasteiger charge is -2.05. The van der Waals surface area contributed by atoms with Gasteiger partial charge in [0.15, 0.2) is 0 Å². The molecule has 0 aromatic carbocycles. The van der Waals surface area contributed by atoms with Crippen molar-refractivity contribution in [3.63, 3.8) is 0 Å². The van der Waals surface area contributed by atoms with Gasteiger partial charge in [0.05, 0.1) is 10.7 Å². The molecule has 2 aromatic heterocycles. The summed E-state index contributed by atoms with van der Waals surface area (Å²) in [5.74, 6) is 0.0760. The van der Waals surface area contributed by atoms with Gasteiger partial charge in [0.2, 0.25) is 0 Å². The number of aromatic nitrogens is 2. The number of nitrogens with zero attached hydrogens (tertiary/aromatic N) is 2. The van der Waals surface area contributed by atoms with Crippen LogP contribution in [0.2, 0.25) is 5.02 Å². The summed E-state index contributed by atoms with van der Waals surface area (Å²) in [6.45, 7) is 1.76. The molecule has 0 spiro atoms. The van der Waals surface area contributed by atoms with E-state index in [1.165, 1.54) is 6.26 Å². The van der Waals surface area contributed by atoms with E-state index in [1.807, 2.05) is 0 Å². The minimum atomic E-state index is -0.473. The Morgan fingerprint density at radius 1 is 1.39 bits per heavy atom. The van der Waals surface area contributed by atoms with E-state index in [1.54, 1.807) is 26.1 Å². The normalized spacial score (nSPS) is 10.2. The van der Waals surface area contributed by atoms with Crippen LogP contribution in [0.3, 0.4) is 0 Å². The average molecular weight is 267 g/mol. The molecule has 0 saturated carbocycles. The zero-order chi connectivity index (χ0) is 13.1. The summed E-state index contributed by atoms with van der Waals surface area (Å²) in [4.78, 5) is 20.0. The summed E-state index contributed by atoms with van der Waals surface area (Å²) in [6.07, 6.45) is 1.44. The number of anilines is 2. The molecule has 0 aliphatic carbocycles. The van der Waals surface area contributed by atoms with Crippen molar-refractivity contribution in [1.82, 2.24) is 9.97 Å². The van der Waals surface area contributed by atoms with Crippen molar-refractivity contribution in [3.8, 4) is 0 Å². The Labute approximate surface area is 108 Å². The Morgan fingerprint density at radius 2 is 2.17 bits per heavy atom. The number of pyridine rings is 1. The van der Waals surface area contributed by atoms with E-state index in [4.69, 9.17) is 16.0 Å². The molecular weight excluding hydrogens is 256 g/mol. The maximum Gasteiger partial charge on any atom is 0.301 e. The molecule has 2 N–H and O–H groups in total.